The molecule has 1 heterocycles. The van der Waals surface area contributed by atoms with Crippen molar-refractivity contribution in [2.45, 2.75) is 65.5 Å². The van der Waals surface area contributed by atoms with Crippen LogP contribution in [0.1, 0.15) is 53.4 Å². The van der Waals surface area contributed by atoms with Gasteiger partial charge in [-0.25, -0.2) is 0 Å². The predicted octanol–water partition coefficient (Wildman–Crippen LogP) is 2.07. The maximum absolute atomic E-state index is 11.8. The minimum atomic E-state index is 0.0529. The Morgan fingerprint density at radius 3 is 2.69 bits per heavy atom. The molecule has 2 N–H and O–H groups in total. The molecule has 2 atom stereocenters. The van der Waals surface area contributed by atoms with Crippen molar-refractivity contribution in [3.05, 3.63) is 0 Å². The van der Waals surface area contributed by atoms with E-state index in [1.54, 1.807) is 0 Å². The molecular weight excluding hydrogens is 200 g/mol. The standard InChI is InChI=1S/C13H26N2O/c1-10(7-8-13(2,3)4)15-12(16)11-6-5-9-14-11/h10-11,14H,5-9H2,1-4H3,(H,15,16). The Morgan fingerprint density at radius 1 is 1.50 bits per heavy atom. The molecule has 0 aromatic heterocycles. The fraction of sp³-hybridized carbons (Fsp3) is 0.923. The van der Waals surface area contributed by atoms with Crippen LogP contribution in [0.4, 0.5) is 0 Å². The molecule has 94 valence electrons. The third kappa shape index (κ3) is 4.97. The molecule has 2 unspecified atom stereocenters. The molecule has 1 aliphatic heterocycles. The molecule has 0 bridgehead atoms. The summed E-state index contributed by atoms with van der Waals surface area (Å²) in [6.07, 6.45) is 4.31. The molecule has 1 aliphatic rings. The Labute approximate surface area is 99.4 Å². The number of rotatable bonds is 4. The van der Waals surface area contributed by atoms with Gasteiger partial charge in [0.15, 0.2) is 0 Å². The van der Waals surface area contributed by atoms with Crippen molar-refractivity contribution in [1.82, 2.24) is 10.6 Å². The van der Waals surface area contributed by atoms with E-state index in [-0.39, 0.29) is 18.0 Å². The first-order chi connectivity index (χ1) is 7.38. The lowest BCUT2D eigenvalue weighted by atomic mass is 9.89. The van der Waals surface area contributed by atoms with Gasteiger partial charge in [-0.15, -0.1) is 0 Å². The molecule has 1 rings (SSSR count). The van der Waals surface area contributed by atoms with E-state index in [1.165, 1.54) is 0 Å². The summed E-state index contributed by atoms with van der Waals surface area (Å²) >= 11 is 0. The van der Waals surface area contributed by atoms with Crippen molar-refractivity contribution in [1.29, 1.82) is 0 Å². The highest BCUT2D eigenvalue weighted by molar-refractivity contribution is 5.82. The zero-order valence-corrected chi connectivity index (χ0v) is 11.1. The number of carbonyl (C=O) groups excluding carboxylic acids is 1. The first-order valence-electron chi connectivity index (χ1n) is 6.42. The van der Waals surface area contributed by atoms with E-state index in [0.717, 1.165) is 32.2 Å². The van der Waals surface area contributed by atoms with Gasteiger partial charge in [-0.3, -0.25) is 4.79 Å². The van der Waals surface area contributed by atoms with Gasteiger partial charge in [-0.1, -0.05) is 20.8 Å². The van der Waals surface area contributed by atoms with Gasteiger partial charge >= 0.3 is 0 Å². The van der Waals surface area contributed by atoms with Crippen molar-refractivity contribution in [2.24, 2.45) is 5.41 Å². The van der Waals surface area contributed by atoms with Crippen LogP contribution in [-0.4, -0.2) is 24.5 Å². The number of hydrogen-bond donors (Lipinski definition) is 2. The molecule has 0 saturated carbocycles. The fourth-order valence-electron chi connectivity index (χ4n) is 1.97. The maximum atomic E-state index is 11.8. The van der Waals surface area contributed by atoms with Gasteiger partial charge in [0.2, 0.25) is 5.91 Å². The third-order valence-corrected chi connectivity index (χ3v) is 3.09. The van der Waals surface area contributed by atoms with Crippen LogP contribution in [0.5, 0.6) is 0 Å². The van der Waals surface area contributed by atoms with Crippen molar-refractivity contribution in [3.63, 3.8) is 0 Å². The summed E-state index contributed by atoms with van der Waals surface area (Å²) in [5, 5.41) is 6.31. The summed E-state index contributed by atoms with van der Waals surface area (Å²) in [7, 11) is 0. The SMILES string of the molecule is CC(CCC(C)(C)C)NC(=O)C1CCCN1. The second-order valence-electron chi connectivity index (χ2n) is 6.16. The molecule has 1 fully saturated rings. The number of amides is 1. The van der Waals surface area contributed by atoms with E-state index < -0.39 is 0 Å². The number of hydrogen-bond acceptors (Lipinski definition) is 2. The van der Waals surface area contributed by atoms with Gasteiger partial charge in [-0.05, 0) is 44.6 Å². The minimum Gasteiger partial charge on any atom is -0.352 e. The molecule has 3 nitrogen and oxygen atoms in total. The Bertz CT molecular complexity index is 227. The van der Waals surface area contributed by atoms with Crippen LogP contribution in [0.25, 0.3) is 0 Å². The second-order valence-corrected chi connectivity index (χ2v) is 6.16. The quantitative estimate of drug-likeness (QED) is 0.770. The van der Waals surface area contributed by atoms with Crippen LogP contribution >= 0.6 is 0 Å². The van der Waals surface area contributed by atoms with Crippen molar-refractivity contribution < 1.29 is 4.79 Å². The van der Waals surface area contributed by atoms with Gasteiger partial charge in [0, 0.05) is 6.04 Å². The average molecular weight is 226 g/mol. The molecule has 3 heteroatoms. The van der Waals surface area contributed by atoms with Gasteiger partial charge in [0.1, 0.15) is 0 Å². The van der Waals surface area contributed by atoms with E-state index >= 15 is 0 Å². The van der Waals surface area contributed by atoms with Crippen LogP contribution < -0.4 is 10.6 Å². The van der Waals surface area contributed by atoms with E-state index in [2.05, 4.69) is 38.3 Å². The molecule has 1 saturated heterocycles. The van der Waals surface area contributed by atoms with Crippen LogP contribution in [0.3, 0.4) is 0 Å². The van der Waals surface area contributed by atoms with Crippen LogP contribution in [0, 0.1) is 5.41 Å². The Hall–Kier alpha value is -0.570. The number of carbonyl (C=O) groups is 1. The van der Waals surface area contributed by atoms with E-state index in [9.17, 15) is 4.79 Å². The lowest BCUT2D eigenvalue weighted by molar-refractivity contribution is -0.123. The van der Waals surface area contributed by atoms with Gasteiger partial charge in [0.25, 0.3) is 0 Å². The van der Waals surface area contributed by atoms with E-state index in [0.29, 0.717) is 5.41 Å². The monoisotopic (exact) mass is 226 g/mol. The third-order valence-electron chi connectivity index (χ3n) is 3.09. The van der Waals surface area contributed by atoms with Crippen molar-refractivity contribution in [2.75, 3.05) is 6.54 Å². The Morgan fingerprint density at radius 2 is 2.19 bits per heavy atom. The largest absolute Gasteiger partial charge is 0.352 e. The summed E-state index contributed by atoms with van der Waals surface area (Å²) < 4.78 is 0. The van der Waals surface area contributed by atoms with Gasteiger partial charge in [0.05, 0.1) is 6.04 Å². The predicted molar refractivity (Wildman–Crippen MR) is 67.3 cm³/mol. The molecule has 16 heavy (non-hydrogen) atoms. The summed E-state index contributed by atoms with van der Waals surface area (Å²) in [4.78, 5) is 11.8. The van der Waals surface area contributed by atoms with Gasteiger partial charge in [-0.2, -0.15) is 0 Å². The highest BCUT2D eigenvalue weighted by atomic mass is 16.2. The van der Waals surface area contributed by atoms with Crippen molar-refractivity contribution in [3.8, 4) is 0 Å². The Balaban J connectivity index is 2.22. The smallest absolute Gasteiger partial charge is 0.237 e. The van der Waals surface area contributed by atoms with E-state index in [1.807, 2.05) is 0 Å². The summed E-state index contributed by atoms with van der Waals surface area (Å²) in [6, 6.07) is 0.339. The Kier molecular flexibility index (Phi) is 4.78. The molecule has 1 amide bonds. The minimum absolute atomic E-state index is 0.0529. The highest BCUT2D eigenvalue weighted by Gasteiger charge is 2.23. The molecule has 0 aromatic rings. The summed E-state index contributed by atoms with van der Waals surface area (Å²) in [5.41, 5.74) is 0.352. The topological polar surface area (TPSA) is 41.1 Å². The lowest BCUT2D eigenvalue weighted by Crippen LogP contribution is -2.44. The van der Waals surface area contributed by atoms with Crippen LogP contribution in [0.15, 0.2) is 0 Å². The van der Waals surface area contributed by atoms with Gasteiger partial charge < -0.3 is 10.6 Å². The molecule has 0 aromatic carbocycles. The molecular formula is C13H26N2O. The maximum Gasteiger partial charge on any atom is 0.237 e. The number of nitrogens with one attached hydrogen (secondary N) is 2. The molecule has 0 spiro atoms. The highest BCUT2D eigenvalue weighted by Crippen LogP contribution is 2.21. The first-order valence-corrected chi connectivity index (χ1v) is 6.42. The fourth-order valence-corrected chi connectivity index (χ4v) is 1.97. The normalized spacial score (nSPS) is 23.1. The van der Waals surface area contributed by atoms with Crippen molar-refractivity contribution >= 4 is 5.91 Å². The summed E-state index contributed by atoms with van der Waals surface area (Å²) in [6.45, 7) is 9.78. The zero-order valence-electron chi connectivity index (χ0n) is 11.1. The van der Waals surface area contributed by atoms with E-state index in [4.69, 9.17) is 0 Å². The lowest BCUT2D eigenvalue weighted by Gasteiger charge is -2.22. The average Bonchev–Trinajstić information content (AvgIpc) is 2.66. The summed E-state index contributed by atoms with van der Waals surface area (Å²) in [5.74, 6) is 0.180. The first kappa shape index (κ1) is 13.5. The molecule has 0 radical (unpaired) electrons. The van der Waals surface area contributed by atoms with Crippen LogP contribution in [-0.2, 0) is 4.79 Å². The second kappa shape index (κ2) is 5.67. The van der Waals surface area contributed by atoms with Crippen LogP contribution in [0.2, 0.25) is 0 Å². The molecule has 0 aliphatic carbocycles. The zero-order chi connectivity index (χ0) is 12.2.